The zero-order valence-corrected chi connectivity index (χ0v) is 15.0. The summed E-state index contributed by atoms with van der Waals surface area (Å²) in [6.07, 6.45) is 6.34. The third-order valence-corrected chi connectivity index (χ3v) is 6.79. The van der Waals surface area contributed by atoms with Crippen molar-refractivity contribution in [3.05, 3.63) is 33.1 Å². The van der Waals surface area contributed by atoms with Gasteiger partial charge in [-0.05, 0) is 50.4 Å². The number of allylic oxidation sites excluding steroid dienone is 1. The van der Waals surface area contributed by atoms with Crippen LogP contribution in [0, 0.1) is 0 Å². The van der Waals surface area contributed by atoms with Crippen LogP contribution in [0.25, 0.3) is 0 Å². The van der Waals surface area contributed by atoms with Crippen LogP contribution in [0.2, 0.25) is 0 Å². The van der Waals surface area contributed by atoms with Gasteiger partial charge < -0.3 is 5.11 Å². The Hall–Kier alpha value is -1.45. The van der Waals surface area contributed by atoms with Crippen LogP contribution in [0.5, 0.6) is 0 Å². The standard InChI is InChI=1S/C14H11Br2N5O2/c15-8-7-9-11(22)19-5-1-3-13(23)14(19,21(9)10(8)16)18-12-17-4-2-6-20(12)13/h2,4,6-7,23H,1,3,5H2/t13-,14+/m0/s1. The average molecular weight is 441 g/mol. The third kappa shape index (κ3) is 1.34. The summed E-state index contributed by atoms with van der Waals surface area (Å²) < 4.78 is 3.21. The van der Waals surface area contributed by atoms with Gasteiger partial charge in [0.1, 0.15) is 10.3 Å². The van der Waals surface area contributed by atoms with Crippen molar-refractivity contribution in [1.29, 1.82) is 0 Å². The Morgan fingerprint density at radius 3 is 3.00 bits per heavy atom. The second-order valence-corrected chi connectivity index (χ2v) is 7.52. The smallest absolute Gasteiger partial charge is 0.274 e. The van der Waals surface area contributed by atoms with E-state index in [0.717, 1.165) is 4.47 Å². The van der Waals surface area contributed by atoms with Crippen LogP contribution in [0.15, 0.2) is 37.4 Å². The van der Waals surface area contributed by atoms with Gasteiger partial charge in [0, 0.05) is 25.4 Å². The molecule has 1 N–H and O–H groups in total. The number of amides is 1. The average Bonchev–Trinajstić information content (AvgIpc) is 3.07. The molecular formula is C14H11Br2N5O2. The number of nitrogens with zero attached hydrogens (tertiary/aromatic N) is 5. The molecule has 5 rings (SSSR count). The van der Waals surface area contributed by atoms with Gasteiger partial charge in [-0.3, -0.25) is 19.2 Å². The maximum atomic E-state index is 12.9. The van der Waals surface area contributed by atoms with E-state index in [9.17, 15) is 9.90 Å². The fraction of sp³-hybridized carbons (Fsp3) is 0.357. The van der Waals surface area contributed by atoms with Crippen molar-refractivity contribution in [2.75, 3.05) is 6.54 Å². The minimum absolute atomic E-state index is 0.133. The molecule has 118 valence electrons. The zero-order valence-electron chi connectivity index (χ0n) is 11.8. The Morgan fingerprint density at radius 1 is 1.35 bits per heavy atom. The van der Waals surface area contributed by atoms with E-state index < -0.39 is 11.5 Å². The lowest BCUT2D eigenvalue weighted by molar-refractivity contribution is -0.196. The minimum Gasteiger partial charge on any atom is -0.365 e. The van der Waals surface area contributed by atoms with E-state index in [0.29, 0.717) is 35.6 Å². The van der Waals surface area contributed by atoms with E-state index in [-0.39, 0.29) is 5.91 Å². The van der Waals surface area contributed by atoms with Crippen LogP contribution in [0.3, 0.4) is 0 Å². The number of hydrogen-bond donors (Lipinski definition) is 1. The van der Waals surface area contributed by atoms with Gasteiger partial charge in [0.15, 0.2) is 0 Å². The molecule has 2 atom stereocenters. The highest BCUT2D eigenvalue weighted by molar-refractivity contribution is 9.13. The molecule has 23 heavy (non-hydrogen) atoms. The quantitative estimate of drug-likeness (QED) is 0.668. The van der Waals surface area contributed by atoms with Crippen molar-refractivity contribution in [3.8, 4) is 0 Å². The summed E-state index contributed by atoms with van der Waals surface area (Å²) >= 11 is 6.98. The third-order valence-electron chi connectivity index (χ3n) is 4.88. The van der Waals surface area contributed by atoms with Gasteiger partial charge in [0.05, 0.1) is 4.47 Å². The lowest BCUT2D eigenvalue weighted by atomic mass is 9.92. The first kappa shape index (κ1) is 13.9. The van der Waals surface area contributed by atoms with Crippen molar-refractivity contribution in [2.24, 2.45) is 9.98 Å². The second-order valence-electron chi connectivity index (χ2n) is 5.92. The van der Waals surface area contributed by atoms with Crippen molar-refractivity contribution < 1.29 is 9.90 Å². The van der Waals surface area contributed by atoms with Crippen LogP contribution < -0.4 is 0 Å². The van der Waals surface area contributed by atoms with E-state index in [1.807, 2.05) is 0 Å². The number of hydrogen-bond acceptors (Lipinski definition) is 5. The molecule has 0 saturated carbocycles. The van der Waals surface area contributed by atoms with Crippen molar-refractivity contribution in [2.45, 2.75) is 24.4 Å². The summed E-state index contributed by atoms with van der Waals surface area (Å²) in [6, 6.07) is 1.76. The molecule has 1 saturated heterocycles. The highest BCUT2D eigenvalue weighted by Gasteiger charge is 2.71. The second kappa shape index (κ2) is 4.14. The van der Waals surface area contributed by atoms with E-state index in [1.165, 1.54) is 0 Å². The van der Waals surface area contributed by atoms with Gasteiger partial charge in [0.25, 0.3) is 11.7 Å². The molecule has 1 amide bonds. The van der Waals surface area contributed by atoms with Crippen LogP contribution in [-0.4, -0.2) is 49.8 Å². The largest absolute Gasteiger partial charge is 0.365 e. The fourth-order valence-electron chi connectivity index (χ4n) is 3.98. The number of carbonyl (C=O) groups excluding carboxylic acids is 1. The molecule has 1 spiro atoms. The van der Waals surface area contributed by atoms with Crippen LogP contribution >= 0.6 is 31.9 Å². The van der Waals surface area contributed by atoms with Crippen molar-refractivity contribution >= 4 is 49.9 Å². The predicted molar refractivity (Wildman–Crippen MR) is 89.9 cm³/mol. The van der Waals surface area contributed by atoms with Gasteiger partial charge >= 0.3 is 0 Å². The molecule has 1 aromatic heterocycles. The number of carbonyl (C=O) groups is 1. The van der Waals surface area contributed by atoms with Gasteiger partial charge in [-0.25, -0.2) is 4.99 Å². The Labute approximate surface area is 148 Å². The highest BCUT2D eigenvalue weighted by Crippen LogP contribution is 2.55. The lowest BCUT2D eigenvalue weighted by Crippen LogP contribution is -2.67. The van der Waals surface area contributed by atoms with Crippen LogP contribution in [0.4, 0.5) is 0 Å². The molecule has 1 fully saturated rings. The summed E-state index contributed by atoms with van der Waals surface area (Å²) in [5, 5.41) is 11.6. The molecule has 4 aliphatic rings. The maximum Gasteiger partial charge on any atom is 0.274 e. The lowest BCUT2D eigenvalue weighted by Gasteiger charge is -2.49. The normalized spacial score (nSPS) is 33.5. The van der Waals surface area contributed by atoms with Crippen LogP contribution in [0.1, 0.15) is 23.3 Å². The molecular weight excluding hydrogens is 430 g/mol. The Balaban J connectivity index is 1.87. The van der Waals surface area contributed by atoms with Crippen LogP contribution in [-0.2, 0) is 5.79 Å². The monoisotopic (exact) mass is 439 g/mol. The topological polar surface area (TPSA) is 73.4 Å². The maximum absolute atomic E-state index is 12.9. The molecule has 5 heterocycles. The number of aliphatic hydroxyl groups is 1. The summed E-state index contributed by atoms with van der Waals surface area (Å²) in [4.78, 5) is 25.2. The van der Waals surface area contributed by atoms with E-state index >= 15 is 0 Å². The van der Waals surface area contributed by atoms with Gasteiger partial charge in [-0.2, -0.15) is 4.99 Å². The van der Waals surface area contributed by atoms with E-state index in [1.54, 1.807) is 38.9 Å². The number of piperidine rings is 1. The van der Waals surface area contributed by atoms with Crippen molar-refractivity contribution in [3.63, 3.8) is 0 Å². The number of aliphatic imine (C=N–C) groups is 2. The first-order chi connectivity index (χ1) is 11.0. The minimum atomic E-state index is -1.36. The summed E-state index contributed by atoms with van der Waals surface area (Å²) in [7, 11) is 0. The first-order valence-electron chi connectivity index (χ1n) is 7.22. The molecule has 0 aliphatic carbocycles. The van der Waals surface area contributed by atoms with Gasteiger partial charge in [0.2, 0.25) is 11.7 Å². The SMILES string of the molecule is O=C1c2cc(Br)c(Br)n2[C@@]23N=C4N=CC=CN4[C@]2(O)CCCN13. The Morgan fingerprint density at radius 2 is 2.17 bits per heavy atom. The predicted octanol–water partition coefficient (Wildman–Crippen LogP) is 1.83. The number of rotatable bonds is 0. The van der Waals surface area contributed by atoms with Gasteiger partial charge in [-0.15, -0.1) is 0 Å². The first-order valence-corrected chi connectivity index (χ1v) is 8.81. The Bertz CT molecular complexity index is 860. The van der Waals surface area contributed by atoms with E-state index in [4.69, 9.17) is 4.99 Å². The Kier molecular flexibility index (Phi) is 2.51. The molecule has 0 radical (unpaired) electrons. The molecule has 0 bridgehead atoms. The van der Waals surface area contributed by atoms with E-state index in [2.05, 4.69) is 36.9 Å². The highest BCUT2D eigenvalue weighted by atomic mass is 79.9. The number of aromatic nitrogens is 1. The number of fused-ring (bicyclic) bond motifs is 3. The number of guanidine groups is 1. The zero-order chi connectivity index (χ0) is 16.0. The fourth-order valence-corrected chi connectivity index (χ4v) is 4.93. The molecule has 0 unspecified atom stereocenters. The molecule has 0 aromatic carbocycles. The summed E-state index contributed by atoms with van der Waals surface area (Å²) in [5.41, 5.74) is -0.863. The molecule has 7 nitrogen and oxygen atoms in total. The molecule has 4 aliphatic heterocycles. The molecule has 1 aromatic rings. The van der Waals surface area contributed by atoms with Crippen molar-refractivity contribution in [1.82, 2.24) is 14.4 Å². The summed E-state index contributed by atoms with van der Waals surface area (Å²) in [5.74, 6) is -0.949. The molecule has 9 heteroatoms. The van der Waals surface area contributed by atoms with Gasteiger partial charge in [-0.1, -0.05) is 0 Å². The summed E-state index contributed by atoms with van der Waals surface area (Å²) in [6.45, 7) is 0.547. The number of halogens is 2.